The van der Waals surface area contributed by atoms with Gasteiger partial charge in [-0.15, -0.1) is 0 Å². The number of fused-ring (bicyclic) bond motifs is 2. The second-order valence-electron chi connectivity index (χ2n) is 10.2. The smallest absolute Gasteiger partial charge is 0.270 e. The molecule has 2 aromatic carbocycles. The number of likely N-dealkylation sites (tertiary alicyclic amines) is 1. The fourth-order valence-electron chi connectivity index (χ4n) is 6.80. The van der Waals surface area contributed by atoms with Crippen molar-refractivity contribution in [1.29, 1.82) is 0 Å². The van der Waals surface area contributed by atoms with Crippen LogP contribution in [0.1, 0.15) is 55.1 Å². The Kier molecular flexibility index (Phi) is 4.65. The molecule has 2 aliphatic heterocycles. The van der Waals surface area contributed by atoms with Gasteiger partial charge in [0.2, 0.25) is 0 Å². The highest BCUT2D eigenvalue weighted by Gasteiger charge is 2.60. The van der Waals surface area contributed by atoms with Gasteiger partial charge in [-0.1, -0.05) is 62.2 Å². The molecule has 3 heterocycles. The first-order valence-electron chi connectivity index (χ1n) is 11.9. The molecule has 2 bridgehead atoms. The molecule has 1 amide bonds. The van der Waals surface area contributed by atoms with Gasteiger partial charge in [-0.05, 0) is 43.4 Å². The van der Waals surface area contributed by atoms with Crippen LogP contribution in [0.3, 0.4) is 0 Å². The van der Waals surface area contributed by atoms with E-state index in [0.717, 1.165) is 31.1 Å². The minimum atomic E-state index is -0.313. The number of hydrogen-bond acceptors (Lipinski definition) is 2. The minimum absolute atomic E-state index is 0.0155. The lowest BCUT2D eigenvalue weighted by Crippen LogP contribution is -2.57. The molecule has 1 aliphatic carbocycles. The lowest BCUT2D eigenvalue weighted by atomic mass is 9.70. The molecule has 1 saturated carbocycles. The molecule has 5 heteroatoms. The third-order valence-electron chi connectivity index (χ3n) is 8.37. The first kappa shape index (κ1) is 20.0. The minimum Gasteiger partial charge on any atom is -0.348 e. The van der Waals surface area contributed by atoms with E-state index in [4.69, 9.17) is 0 Å². The van der Waals surface area contributed by atoms with E-state index in [2.05, 4.69) is 46.4 Å². The van der Waals surface area contributed by atoms with Crippen LogP contribution >= 0.6 is 0 Å². The first-order chi connectivity index (χ1) is 15.5. The summed E-state index contributed by atoms with van der Waals surface area (Å²) in [5.74, 6) is -0.298. The molecular formula is C27H30FN3O. The van der Waals surface area contributed by atoms with E-state index in [1.165, 1.54) is 24.5 Å². The maximum absolute atomic E-state index is 14.3. The van der Waals surface area contributed by atoms with Crippen molar-refractivity contribution < 1.29 is 9.18 Å². The van der Waals surface area contributed by atoms with E-state index >= 15 is 0 Å². The number of amides is 1. The topological polar surface area (TPSA) is 48.1 Å². The number of halogens is 1. The number of aromatic amines is 1. The molecule has 5 atom stereocenters. The summed E-state index contributed by atoms with van der Waals surface area (Å²) in [4.78, 5) is 19.2. The van der Waals surface area contributed by atoms with Crippen molar-refractivity contribution in [3.63, 3.8) is 0 Å². The highest BCUT2D eigenvalue weighted by molar-refractivity contribution is 5.98. The summed E-state index contributed by atoms with van der Waals surface area (Å²) in [5, 5.41) is 4.73. The van der Waals surface area contributed by atoms with E-state index in [1.807, 2.05) is 18.2 Å². The molecule has 0 radical (unpaired) electrons. The summed E-state index contributed by atoms with van der Waals surface area (Å²) >= 11 is 0. The van der Waals surface area contributed by atoms with Crippen LogP contribution in [0, 0.1) is 11.2 Å². The quantitative estimate of drug-likeness (QED) is 0.609. The van der Waals surface area contributed by atoms with Gasteiger partial charge in [-0.2, -0.15) is 0 Å². The highest BCUT2D eigenvalue weighted by Crippen LogP contribution is 2.52. The molecule has 6 rings (SSSR count). The summed E-state index contributed by atoms with van der Waals surface area (Å²) in [6.07, 6.45) is 6.52. The van der Waals surface area contributed by atoms with Gasteiger partial charge in [-0.3, -0.25) is 4.79 Å². The van der Waals surface area contributed by atoms with Gasteiger partial charge >= 0.3 is 0 Å². The lowest BCUT2D eigenvalue weighted by Gasteiger charge is -2.43. The fraction of sp³-hybridized carbons (Fsp3) is 0.444. The number of hydrogen-bond donors (Lipinski definition) is 2. The third-order valence-corrected chi connectivity index (χ3v) is 8.37. The first-order valence-corrected chi connectivity index (χ1v) is 11.9. The number of carbonyl (C=O) groups is 1. The van der Waals surface area contributed by atoms with Crippen LogP contribution in [0.5, 0.6) is 0 Å². The molecular weight excluding hydrogens is 401 g/mol. The summed E-state index contributed by atoms with van der Waals surface area (Å²) in [5.41, 5.74) is 2.30. The van der Waals surface area contributed by atoms with E-state index in [1.54, 1.807) is 6.07 Å². The average molecular weight is 432 g/mol. The zero-order valence-corrected chi connectivity index (χ0v) is 18.5. The Labute approximate surface area is 188 Å². The SMILES string of the molecule is C[C@@]12C[C@H]3[C@H](Cc4ccccc4)N[C@@H]1CCCC[C@@H]2N3C(=O)c1cc2cccc(F)c2[nH]1. The second kappa shape index (κ2) is 7.45. The molecule has 4 nitrogen and oxygen atoms in total. The van der Waals surface area contributed by atoms with Crippen LogP contribution in [0.25, 0.3) is 10.9 Å². The molecule has 32 heavy (non-hydrogen) atoms. The van der Waals surface area contributed by atoms with Gasteiger partial charge in [0.15, 0.2) is 0 Å². The number of piperidine rings is 1. The number of rotatable bonds is 3. The summed E-state index contributed by atoms with van der Waals surface area (Å²) in [7, 11) is 0. The molecule has 2 N–H and O–H groups in total. The van der Waals surface area contributed by atoms with Crippen molar-refractivity contribution in [3.05, 3.63) is 71.7 Å². The normalized spacial score (nSPS) is 31.6. The number of para-hydroxylation sites is 1. The van der Waals surface area contributed by atoms with Crippen molar-refractivity contribution in [2.45, 2.75) is 69.6 Å². The number of nitrogens with zero attached hydrogens (tertiary/aromatic N) is 1. The Balaban J connectivity index is 1.40. The summed E-state index contributed by atoms with van der Waals surface area (Å²) < 4.78 is 14.3. The van der Waals surface area contributed by atoms with Crippen LogP contribution in [-0.4, -0.2) is 40.0 Å². The molecule has 1 aromatic heterocycles. The zero-order valence-electron chi connectivity index (χ0n) is 18.5. The van der Waals surface area contributed by atoms with Crippen LogP contribution in [0.4, 0.5) is 4.39 Å². The predicted molar refractivity (Wildman–Crippen MR) is 124 cm³/mol. The summed E-state index contributed by atoms with van der Waals surface area (Å²) in [6, 6.07) is 18.4. The Morgan fingerprint density at radius 2 is 1.94 bits per heavy atom. The van der Waals surface area contributed by atoms with E-state index < -0.39 is 0 Å². The Hall–Kier alpha value is -2.66. The van der Waals surface area contributed by atoms with Crippen LogP contribution in [0.15, 0.2) is 54.6 Å². The largest absolute Gasteiger partial charge is 0.348 e. The zero-order chi connectivity index (χ0) is 21.9. The molecule has 0 unspecified atom stereocenters. The fourth-order valence-corrected chi connectivity index (χ4v) is 6.80. The third kappa shape index (κ3) is 3.01. The monoisotopic (exact) mass is 431 g/mol. The molecule has 2 saturated heterocycles. The van der Waals surface area contributed by atoms with Crippen LogP contribution in [-0.2, 0) is 6.42 Å². The molecule has 3 aliphatic rings. The molecule has 3 fully saturated rings. The van der Waals surface area contributed by atoms with Crippen molar-refractivity contribution in [2.24, 2.45) is 5.41 Å². The Bertz CT molecular complexity index is 1160. The number of nitrogens with one attached hydrogen (secondary N) is 2. The van der Waals surface area contributed by atoms with E-state index in [0.29, 0.717) is 17.3 Å². The highest BCUT2D eigenvalue weighted by atomic mass is 19.1. The number of carbonyl (C=O) groups excluding carboxylic acids is 1. The van der Waals surface area contributed by atoms with Gasteiger partial charge in [0.25, 0.3) is 5.91 Å². The maximum Gasteiger partial charge on any atom is 0.270 e. The molecule has 166 valence electrons. The predicted octanol–water partition coefficient (Wildman–Crippen LogP) is 5.05. The van der Waals surface area contributed by atoms with Gasteiger partial charge in [0.05, 0.1) is 5.52 Å². The summed E-state index contributed by atoms with van der Waals surface area (Å²) in [6.45, 7) is 2.38. The van der Waals surface area contributed by atoms with Gasteiger partial charge in [0, 0.05) is 35.0 Å². The number of H-pyrrole nitrogens is 1. The van der Waals surface area contributed by atoms with Crippen LogP contribution in [0.2, 0.25) is 0 Å². The second-order valence-corrected chi connectivity index (χ2v) is 10.2. The number of benzene rings is 2. The average Bonchev–Trinajstić information content (AvgIpc) is 3.29. The van der Waals surface area contributed by atoms with Crippen molar-refractivity contribution >= 4 is 16.8 Å². The maximum atomic E-state index is 14.3. The van der Waals surface area contributed by atoms with Crippen molar-refractivity contribution in [2.75, 3.05) is 0 Å². The molecule has 0 spiro atoms. The van der Waals surface area contributed by atoms with Gasteiger partial charge in [-0.25, -0.2) is 4.39 Å². The lowest BCUT2D eigenvalue weighted by molar-refractivity contribution is 0.0607. The van der Waals surface area contributed by atoms with E-state index in [9.17, 15) is 9.18 Å². The van der Waals surface area contributed by atoms with Crippen molar-refractivity contribution in [3.8, 4) is 0 Å². The number of aromatic nitrogens is 1. The molecule has 3 aromatic rings. The van der Waals surface area contributed by atoms with Crippen molar-refractivity contribution in [1.82, 2.24) is 15.2 Å². The van der Waals surface area contributed by atoms with E-state index in [-0.39, 0.29) is 35.3 Å². The van der Waals surface area contributed by atoms with Gasteiger partial charge < -0.3 is 15.2 Å². The van der Waals surface area contributed by atoms with Crippen LogP contribution < -0.4 is 5.32 Å². The standard InChI is InChI=1S/C27H30FN3O/c1-27-16-22-20(14-17-8-3-2-4-9-17)29-23(27)12-5-6-13-24(27)31(22)26(32)21-15-18-10-7-11-19(28)25(18)30-21/h2-4,7-11,15,20,22-24,29-30H,5-6,12-14,16H2,1H3/t20-,22-,23+,24-,27+/m0/s1. The Morgan fingerprint density at radius 1 is 1.12 bits per heavy atom. The van der Waals surface area contributed by atoms with Gasteiger partial charge in [0.1, 0.15) is 11.5 Å². The Morgan fingerprint density at radius 3 is 2.75 bits per heavy atom.